The molecule has 2 nitrogen and oxygen atoms in total. The third-order valence-corrected chi connectivity index (χ3v) is 4.93. The Morgan fingerprint density at radius 1 is 0.560 bits per heavy atom. The van der Waals surface area contributed by atoms with Crippen molar-refractivity contribution < 1.29 is 9.59 Å². The van der Waals surface area contributed by atoms with E-state index in [9.17, 15) is 5.11 Å². The molecule has 0 bridgehead atoms. The van der Waals surface area contributed by atoms with Crippen molar-refractivity contribution in [2.75, 3.05) is 32.8 Å². The van der Waals surface area contributed by atoms with Crippen molar-refractivity contribution in [1.29, 1.82) is 0 Å². The van der Waals surface area contributed by atoms with E-state index in [0.29, 0.717) is 0 Å². The van der Waals surface area contributed by atoms with Crippen molar-refractivity contribution in [3.63, 3.8) is 0 Å². The monoisotopic (exact) mass is 357 g/mol. The third-order valence-electron chi connectivity index (χ3n) is 4.93. The van der Waals surface area contributed by atoms with Crippen LogP contribution >= 0.6 is 0 Å². The zero-order valence-electron chi connectivity index (χ0n) is 19.2. The second-order valence-corrected chi connectivity index (χ2v) is 9.67. The van der Waals surface area contributed by atoms with Gasteiger partial charge in [0.15, 0.2) is 0 Å². The number of quaternary nitrogens is 1. The van der Waals surface area contributed by atoms with Crippen LogP contribution in [0.1, 0.15) is 94.4 Å². The Kier molecular flexibility index (Phi) is 17.5. The Labute approximate surface area is 161 Å². The number of hydrogen-bond acceptors (Lipinski definition) is 1. The van der Waals surface area contributed by atoms with Gasteiger partial charge >= 0.3 is 0 Å². The van der Waals surface area contributed by atoms with Crippen LogP contribution in [0.4, 0.5) is 0 Å². The normalized spacial score (nSPS) is 12.2. The smallest absolute Gasteiger partial charge is 0.0789 e. The molecule has 0 unspecified atom stereocenters. The summed E-state index contributed by atoms with van der Waals surface area (Å²) in [7, 11) is 0. The molecule has 25 heavy (non-hydrogen) atoms. The fraction of sp³-hybridized carbons (Fsp3) is 1.00. The summed E-state index contributed by atoms with van der Waals surface area (Å²) in [6.45, 7) is 26.5. The lowest BCUT2D eigenvalue weighted by Gasteiger charge is -2.41. The number of nitrogens with zero attached hydrogens (tertiary/aromatic N) is 1. The van der Waals surface area contributed by atoms with Crippen LogP contribution in [0.3, 0.4) is 0 Å². The molecule has 0 rings (SSSR count). The van der Waals surface area contributed by atoms with E-state index in [0.717, 1.165) is 30.1 Å². The molecule has 0 saturated carbocycles. The molecular weight excluding hydrogens is 306 g/mol. The molecule has 0 amide bonds. The maximum Gasteiger partial charge on any atom is 0.0789 e. The van der Waals surface area contributed by atoms with E-state index in [4.69, 9.17) is 0 Å². The van der Waals surface area contributed by atoms with Crippen LogP contribution in [0.25, 0.3) is 0 Å². The van der Waals surface area contributed by atoms with Crippen molar-refractivity contribution in [1.82, 2.24) is 0 Å². The minimum Gasteiger partial charge on any atom is -0.854 e. The lowest BCUT2D eigenvalue weighted by molar-refractivity contribution is -0.930. The highest BCUT2D eigenvalue weighted by molar-refractivity contribution is 4.56. The van der Waals surface area contributed by atoms with Gasteiger partial charge in [0, 0.05) is 0 Å². The standard InChI is InChI=1S/C20H44N.C3H7O/c1-17(2)9-13-21(14-10-18(3)4,15-11-19(5)6)16-12-20(7)8;1-2-3-4/h17-20H,9-16H2,1-8H3;2-3H2,1H3/q+1;-1. The molecule has 0 aromatic rings. The van der Waals surface area contributed by atoms with Crippen LogP contribution in [0.5, 0.6) is 0 Å². The third kappa shape index (κ3) is 18.5. The summed E-state index contributed by atoms with van der Waals surface area (Å²) in [5.74, 6) is 3.33. The van der Waals surface area contributed by atoms with Crippen LogP contribution in [-0.2, 0) is 0 Å². The van der Waals surface area contributed by atoms with Gasteiger partial charge in [0.25, 0.3) is 0 Å². The SMILES string of the molecule is CC(C)CC[N+](CCC(C)C)(CCC(C)C)CCC(C)C.CCC[O-]. The van der Waals surface area contributed by atoms with E-state index in [1.165, 1.54) is 56.3 Å². The Morgan fingerprint density at radius 3 is 0.880 bits per heavy atom. The Morgan fingerprint density at radius 2 is 0.760 bits per heavy atom. The predicted molar refractivity (Wildman–Crippen MR) is 113 cm³/mol. The van der Waals surface area contributed by atoms with Crippen LogP contribution < -0.4 is 5.11 Å². The lowest BCUT2D eigenvalue weighted by atomic mass is 10.0. The average Bonchev–Trinajstić information content (AvgIpc) is 2.53. The van der Waals surface area contributed by atoms with Crippen molar-refractivity contribution in [3.05, 3.63) is 0 Å². The average molecular weight is 358 g/mol. The van der Waals surface area contributed by atoms with Gasteiger partial charge in [-0.1, -0.05) is 68.7 Å². The van der Waals surface area contributed by atoms with E-state index < -0.39 is 0 Å². The molecular formula is C23H51NO. The lowest BCUT2D eigenvalue weighted by Crippen LogP contribution is -2.52. The maximum atomic E-state index is 9.30. The van der Waals surface area contributed by atoms with Gasteiger partial charge in [-0.2, -0.15) is 0 Å². The van der Waals surface area contributed by atoms with Crippen molar-refractivity contribution in [2.24, 2.45) is 23.7 Å². The molecule has 0 heterocycles. The summed E-state index contributed by atoms with van der Waals surface area (Å²) in [5.41, 5.74) is 0. The minimum absolute atomic E-state index is 0.0694. The first-order chi connectivity index (χ1) is 11.6. The first-order valence-electron chi connectivity index (χ1n) is 11.0. The number of hydrogen-bond donors (Lipinski definition) is 0. The van der Waals surface area contributed by atoms with Gasteiger partial charge in [0.2, 0.25) is 0 Å². The summed E-state index contributed by atoms with van der Waals surface area (Å²) >= 11 is 0. The molecule has 0 atom stereocenters. The van der Waals surface area contributed by atoms with Gasteiger partial charge in [0.05, 0.1) is 26.2 Å². The second kappa shape index (κ2) is 16.1. The van der Waals surface area contributed by atoms with Gasteiger partial charge in [-0.3, -0.25) is 0 Å². The first kappa shape index (κ1) is 27.1. The van der Waals surface area contributed by atoms with Crippen molar-refractivity contribution in [2.45, 2.75) is 94.4 Å². The molecule has 0 spiro atoms. The van der Waals surface area contributed by atoms with E-state index in [-0.39, 0.29) is 6.61 Å². The summed E-state index contributed by atoms with van der Waals surface area (Å²) < 4.78 is 1.38. The minimum atomic E-state index is 0.0694. The fourth-order valence-electron chi connectivity index (χ4n) is 2.80. The van der Waals surface area contributed by atoms with Crippen molar-refractivity contribution in [3.8, 4) is 0 Å². The van der Waals surface area contributed by atoms with Crippen molar-refractivity contribution >= 4 is 0 Å². The zero-order valence-corrected chi connectivity index (χ0v) is 19.2. The Hall–Kier alpha value is -0.0800. The molecule has 2 heteroatoms. The molecule has 0 saturated heterocycles. The van der Waals surface area contributed by atoms with Crippen LogP contribution in [0.15, 0.2) is 0 Å². The van der Waals surface area contributed by atoms with E-state index in [1.807, 2.05) is 6.92 Å². The number of rotatable bonds is 13. The molecule has 0 aliphatic rings. The van der Waals surface area contributed by atoms with Gasteiger partial charge in [-0.25, -0.2) is 0 Å². The zero-order chi connectivity index (χ0) is 19.9. The summed E-state index contributed by atoms with van der Waals surface area (Å²) in [6.07, 6.45) is 6.30. The highest BCUT2D eigenvalue weighted by atomic mass is 16.2. The quantitative estimate of drug-likeness (QED) is 0.385. The molecule has 0 aromatic carbocycles. The largest absolute Gasteiger partial charge is 0.854 e. The van der Waals surface area contributed by atoms with E-state index in [2.05, 4.69) is 55.4 Å². The topological polar surface area (TPSA) is 23.1 Å². The Bertz CT molecular complexity index is 216. The molecule has 0 fully saturated rings. The predicted octanol–water partition coefficient (Wildman–Crippen LogP) is 5.74. The molecule has 0 aliphatic carbocycles. The van der Waals surface area contributed by atoms with Crippen LogP contribution in [-0.4, -0.2) is 37.3 Å². The summed E-state index contributed by atoms with van der Waals surface area (Å²) in [5, 5.41) is 9.30. The maximum absolute atomic E-state index is 9.30. The first-order valence-corrected chi connectivity index (χ1v) is 11.0. The molecule has 0 radical (unpaired) electrons. The van der Waals surface area contributed by atoms with Gasteiger partial charge in [-0.15, -0.1) is 6.61 Å². The Balaban J connectivity index is 0. The molecule has 0 aliphatic heterocycles. The van der Waals surface area contributed by atoms with Gasteiger partial charge < -0.3 is 9.59 Å². The molecule has 154 valence electrons. The van der Waals surface area contributed by atoms with E-state index in [1.54, 1.807) is 0 Å². The van der Waals surface area contributed by atoms with E-state index >= 15 is 0 Å². The molecule has 0 N–H and O–H groups in total. The van der Waals surface area contributed by atoms with Crippen LogP contribution in [0.2, 0.25) is 0 Å². The second-order valence-electron chi connectivity index (χ2n) is 9.67. The highest BCUT2D eigenvalue weighted by Crippen LogP contribution is 2.21. The van der Waals surface area contributed by atoms with Gasteiger partial charge in [0.1, 0.15) is 0 Å². The van der Waals surface area contributed by atoms with Crippen LogP contribution in [0, 0.1) is 23.7 Å². The molecule has 0 aromatic heterocycles. The summed E-state index contributed by atoms with van der Waals surface area (Å²) in [6, 6.07) is 0. The fourth-order valence-corrected chi connectivity index (χ4v) is 2.80. The van der Waals surface area contributed by atoms with Gasteiger partial charge in [-0.05, 0) is 49.4 Å². The summed E-state index contributed by atoms with van der Waals surface area (Å²) in [4.78, 5) is 0. The highest BCUT2D eigenvalue weighted by Gasteiger charge is 2.27.